The Balaban J connectivity index is 1.45. The van der Waals surface area contributed by atoms with Gasteiger partial charge in [0.2, 0.25) is 5.95 Å². The highest BCUT2D eigenvalue weighted by Gasteiger charge is 2.41. The predicted molar refractivity (Wildman–Crippen MR) is 91.7 cm³/mol. The van der Waals surface area contributed by atoms with Gasteiger partial charge in [-0.2, -0.15) is 0 Å². The molecule has 6 nitrogen and oxygen atoms in total. The second-order valence-corrected chi connectivity index (χ2v) is 6.64. The quantitative estimate of drug-likeness (QED) is 0.857. The van der Waals surface area contributed by atoms with Gasteiger partial charge in [-0.05, 0) is 37.6 Å². The molecule has 0 bridgehead atoms. The van der Waals surface area contributed by atoms with Crippen molar-refractivity contribution in [2.24, 2.45) is 0 Å². The smallest absolute Gasteiger partial charge is 0.225 e. The fraction of sp³-hybridized carbons (Fsp3) is 0.500. The Kier molecular flexibility index (Phi) is 4.40. The Morgan fingerprint density at radius 2 is 1.88 bits per heavy atom. The van der Waals surface area contributed by atoms with E-state index in [1.807, 2.05) is 24.4 Å². The lowest BCUT2D eigenvalue weighted by molar-refractivity contribution is -0.0989. The van der Waals surface area contributed by atoms with Gasteiger partial charge in [0, 0.05) is 38.2 Å². The van der Waals surface area contributed by atoms with Crippen LogP contribution in [0.4, 0.5) is 5.95 Å². The summed E-state index contributed by atoms with van der Waals surface area (Å²) in [5.74, 6) is 0.807. The molecule has 0 amide bonds. The standard InChI is InChI=1S/C18H23N5O/c1-2-7-19-16(5-1)13-22-10-3-6-18(14-22)15-23(11-12-24-18)17-20-8-4-9-21-17/h1-2,4-5,7-9H,3,6,10-15H2/t18-/m1/s1. The maximum atomic E-state index is 6.27. The number of anilines is 1. The van der Waals surface area contributed by atoms with Crippen LogP contribution in [0.5, 0.6) is 0 Å². The SMILES string of the molecule is c1ccc(CN2CCC[C@@]3(C2)CN(c2ncccn2)CCO3)nc1. The molecule has 2 saturated heterocycles. The second-order valence-electron chi connectivity index (χ2n) is 6.64. The molecule has 0 N–H and O–H groups in total. The zero-order valence-electron chi connectivity index (χ0n) is 13.8. The van der Waals surface area contributed by atoms with Gasteiger partial charge in [0.25, 0.3) is 0 Å². The number of aromatic nitrogens is 3. The van der Waals surface area contributed by atoms with Crippen LogP contribution in [0.3, 0.4) is 0 Å². The van der Waals surface area contributed by atoms with Crippen LogP contribution >= 0.6 is 0 Å². The van der Waals surface area contributed by atoms with Crippen molar-refractivity contribution in [1.82, 2.24) is 19.9 Å². The van der Waals surface area contributed by atoms with Crippen LogP contribution in [0, 0.1) is 0 Å². The zero-order valence-corrected chi connectivity index (χ0v) is 13.8. The van der Waals surface area contributed by atoms with E-state index in [9.17, 15) is 0 Å². The first-order chi connectivity index (χ1) is 11.8. The molecule has 24 heavy (non-hydrogen) atoms. The van der Waals surface area contributed by atoms with E-state index in [1.54, 1.807) is 12.4 Å². The summed E-state index contributed by atoms with van der Waals surface area (Å²) in [5.41, 5.74) is 0.999. The van der Waals surface area contributed by atoms with Crippen molar-refractivity contribution in [3.8, 4) is 0 Å². The fourth-order valence-corrected chi connectivity index (χ4v) is 3.76. The molecule has 0 aromatic carbocycles. The molecular formula is C18H23N5O. The molecule has 4 rings (SSSR count). The number of morpholine rings is 1. The maximum Gasteiger partial charge on any atom is 0.225 e. The summed E-state index contributed by atoms with van der Waals surface area (Å²) in [5, 5.41) is 0. The third kappa shape index (κ3) is 3.39. The predicted octanol–water partition coefficient (Wildman–Crippen LogP) is 1.74. The molecule has 2 aliphatic heterocycles. The van der Waals surface area contributed by atoms with Gasteiger partial charge in [0.1, 0.15) is 0 Å². The maximum absolute atomic E-state index is 6.27. The minimum Gasteiger partial charge on any atom is -0.370 e. The first-order valence-electron chi connectivity index (χ1n) is 8.61. The van der Waals surface area contributed by atoms with Gasteiger partial charge >= 0.3 is 0 Å². The molecule has 0 unspecified atom stereocenters. The van der Waals surface area contributed by atoms with E-state index in [0.717, 1.165) is 63.8 Å². The van der Waals surface area contributed by atoms with Crippen LogP contribution in [0.15, 0.2) is 42.9 Å². The van der Waals surface area contributed by atoms with E-state index >= 15 is 0 Å². The topological polar surface area (TPSA) is 54.4 Å². The van der Waals surface area contributed by atoms with Gasteiger partial charge in [-0.15, -0.1) is 0 Å². The van der Waals surface area contributed by atoms with E-state index < -0.39 is 0 Å². The molecule has 1 atom stereocenters. The molecule has 2 fully saturated rings. The molecule has 0 radical (unpaired) electrons. The van der Waals surface area contributed by atoms with E-state index in [1.165, 1.54) is 0 Å². The Morgan fingerprint density at radius 3 is 2.71 bits per heavy atom. The summed E-state index contributed by atoms with van der Waals surface area (Å²) in [6.07, 6.45) is 7.71. The monoisotopic (exact) mass is 325 g/mol. The van der Waals surface area contributed by atoms with Gasteiger partial charge in [0.15, 0.2) is 0 Å². The number of rotatable bonds is 3. The largest absolute Gasteiger partial charge is 0.370 e. The fourth-order valence-electron chi connectivity index (χ4n) is 3.76. The van der Waals surface area contributed by atoms with Crippen LogP contribution < -0.4 is 4.90 Å². The van der Waals surface area contributed by atoms with Gasteiger partial charge in [0.05, 0.1) is 24.4 Å². The van der Waals surface area contributed by atoms with Crippen LogP contribution in [0.2, 0.25) is 0 Å². The third-order valence-electron chi connectivity index (χ3n) is 4.81. The lowest BCUT2D eigenvalue weighted by atomic mass is 9.90. The van der Waals surface area contributed by atoms with Crippen molar-refractivity contribution >= 4 is 5.95 Å². The van der Waals surface area contributed by atoms with Gasteiger partial charge in [-0.1, -0.05) is 6.07 Å². The summed E-state index contributed by atoms with van der Waals surface area (Å²) in [6, 6.07) is 7.96. The highest BCUT2D eigenvalue weighted by atomic mass is 16.5. The highest BCUT2D eigenvalue weighted by Crippen LogP contribution is 2.30. The van der Waals surface area contributed by atoms with E-state index in [-0.39, 0.29) is 5.60 Å². The van der Waals surface area contributed by atoms with Crippen LogP contribution in [-0.2, 0) is 11.3 Å². The summed E-state index contributed by atoms with van der Waals surface area (Å²) in [7, 11) is 0. The number of hydrogen-bond acceptors (Lipinski definition) is 6. The van der Waals surface area contributed by atoms with Gasteiger partial charge in [-0.3, -0.25) is 9.88 Å². The average Bonchev–Trinajstić information content (AvgIpc) is 2.63. The van der Waals surface area contributed by atoms with Gasteiger partial charge < -0.3 is 9.64 Å². The van der Waals surface area contributed by atoms with Crippen molar-refractivity contribution in [3.05, 3.63) is 48.5 Å². The molecule has 2 aromatic heterocycles. The minimum atomic E-state index is -0.121. The number of pyridine rings is 1. The Morgan fingerprint density at radius 1 is 1.00 bits per heavy atom. The van der Waals surface area contributed by atoms with Crippen molar-refractivity contribution in [2.75, 3.05) is 37.7 Å². The molecule has 2 aliphatic rings. The Hall–Kier alpha value is -2.05. The van der Waals surface area contributed by atoms with Crippen molar-refractivity contribution in [3.63, 3.8) is 0 Å². The molecule has 1 spiro atoms. The minimum absolute atomic E-state index is 0.121. The molecular weight excluding hydrogens is 302 g/mol. The molecule has 0 saturated carbocycles. The number of piperidine rings is 1. The third-order valence-corrected chi connectivity index (χ3v) is 4.81. The first-order valence-corrected chi connectivity index (χ1v) is 8.61. The summed E-state index contributed by atoms with van der Waals surface area (Å²) in [4.78, 5) is 18.0. The van der Waals surface area contributed by atoms with Crippen LogP contribution in [0.25, 0.3) is 0 Å². The first kappa shape index (κ1) is 15.5. The van der Waals surface area contributed by atoms with Crippen LogP contribution in [-0.4, -0.2) is 58.2 Å². The van der Waals surface area contributed by atoms with E-state index in [4.69, 9.17) is 4.74 Å². The molecule has 4 heterocycles. The number of likely N-dealkylation sites (tertiary alicyclic amines) is 1. The Bertz CT molecular complexity index is 649. The van der Waals surface area contributed by atoms with Gasteiger partial charge in [-0.25, -0.2) is 9.97 Å². The second kappa shape index (κ2) is 6.83. The highest BCUT2D eigenvalue weighted by molar-refractivity contribution is 5.30. The molecule has 2 aromatic rings. The normalized spacial score (nSPS) is 25.1. The van der Waals surface area contributed by atoms with Crippen molar-refractivity contribution in [1.29, 1.82) is 0 Å². The van der Waals surface area contributed by atoms with E-state index in [0.29, 0.717) is 0 Å². The lowest BCUT2D eigenvalue weighted by Gasteiger charge is -2.48. The molecule has 6 heteroatoms. The summed E-state index contributed by atoms with van der Waals surface area (Å²) >= 11 is 0. The summed E-state index contributed by atoms with van der Waals surface area (Å²) in [6.45, 7) is 5.36. The summed E-state index contributed by atoms with van der Waals surface area (Å²) < 4.78 is 6.27. The van der Waals surface area contributed by atoms with E-state index in [2.05, 4.69) is 30.8 Å². The Labute approximate surface area is 142 Å². The lowest BCUT2D eigenvalue weighted by Crippen LogP contribution is -2.60. The van der Waals surface area contributed by atoms with Crippen molar-refractivity contribution in [2.45, 2.75) is 25.0 Å². The van der Waals surface area contributed by atoms with Crippen LogP contribution in [0.1, 0.15) is 18.5 Å². The molecule has 0 aliphatic carbocycles. The number of nitrogens with zero attached hydrogens (tertiary/aromatic N) is 5. The number of hydrogen-bond donors (Lipinski definition) is 0. The number of ether oxygens (including phenoxy) is 1. The molecule has 126 valence electrons. The van der Waals surface area contributed by atoms with Crippen molar-refractivity contribution < 1.29 is 4.74 Å². The average molecular weight is 325 g/mol. The zero-order chi connectivity index (χ0) is 16.2.